The molecule has 0 saturated heterocycles. The van der Waals surface area contributed by atoms with Gasteiger partial charge in [0.2, 0.25) is 11.8 Å². The SMILES string of the molecule is Cc1ccnc(-n2ccnc2C#N)n1. The molecule has 0 N–H and O–H groups in total. The lowest BCUT2D eigenvalue weighted by molar-refractivity contribution is 0.894. The van der Waals surface area contributed by atoms with Crippen LogP contribution >= 0.6 is 0 Å². The number of imidazole rings is 1. The van der Waals surface area contributed by atoms with E-state index in [1.807, 2.05) is 13.0 Å². The Morgan fingerprint density at radius 3 is 2.93 bits per heavy atom. The molecule has 0 aliphatic heterocycles. The van der Waals surface area contributed by atoms with E-state index in [4.69, 9.17) is 5.26 Å². The number of aromatic nitrogens is 4. The van der Waals surface area contributed by atoms with Crippen LogP contribution in [0.15, 0.2) is 24.7 Å². The molecule has 0 radical (unpaired) electrons. The third-order valence-corrected chi connectivity index (χ3v) is 1.74. The molecule has 0 bridgehead atoms. The maximum absolute atomic E-state index is 8.75. The van der Waals surface area contributed by atoms with E-state index in [9.17, 15) is 0 Å². The lowest BCUT2D eigenvalue weighted by atomic mass is 10.5. The molecule has 5 heteroatoms. The van der Waals surface area contributed by atoms with Crippen LogP contribution in [-0.2, 0) is 0 Å². The van der Waals surface area contributed by atoms with Crippen LogP contribution in [0.25, 0.3) is 5.95 Å². The van der Waals surface area contributed by atoms with Gasteiger partial charge >= 0.3 is 0 Å². The van der Waals surface area contributed by atoms with Gasteiger partial charge in [0, 0.05) is 24.3 Å². The van der Waals surface area contributed by atoms with Crippen molar-refractivity contribution in [3.63, 3.8) is 0 Å². The topological polar surface area (TPSA) is 67.4 Å². The van der Waals surface area contributed by atoms with Gasteiger partial charge in [0.1, 0.15) is 6.07 Å². The Morgan fingerprint density at radius 2 is 2.21 bits per heavy atom. The summed E-state index contributed by atoms with van der Waals surface area (Å²) in [6.45, 7) is 1.87. The molecule has 0 atom stereocenters. The number of nitrogens with zero attached hydrogens (tertiary/aromatic N) is 5. The summed E-state index contributed by atoms with van der Waals surface area (Å²) in [4.78, 5) is 12.1. The van der Waals surface area contributed by atoms with Crippen LogP contribution in [-0.4, -0.2) is 19.5 Å². The van der Waals surface area contributed by atoms with Crippen molar-refractivity contribution < 1.29 is 0 Å². The second kappa shape index (κ2) is 3.26. The van der Waals surface area contributed by atoms with Gasteiger partial charge in [-0.3, -0.25) is 4.57 Å². The molecule has 0 aliphatic carbocycles. The van der Waals surface area contributed by atoms with E-state index in [0.717, 1.165) is 5.69 Å². The van der Waals surface area contributed by atoms with E-state index in [-0.39, 0.29) is 5.82 Å². The van der Waals surface area contributed by atoms with Crippen molar-refractivity contribution in [1.82, 2.24) is 19.5 Å². The molecule has 0 saturated carbocycles. The van der Waals surface area contributed by atoms with Gasteiger partial charge in [-0.25, -0.2) is 15.0 Å². The van der Waals surface area contributed by atoms with Crippen LogP contribution in [0.4, 0.5) is 0 Å². The summed E-state index contributed by atoms with van der Waals surface area (Å²) < 4.78 is 1.55. The van der Waals surface area contributed by atoms with Crippen LogP contribution < -0.4 is 0 Å². The van der Waals surface area contributed by atoms with Crippen molar-refractivity contribution in [3.8, 4) is 12.0 Å². The quantitative estimate of drug-likeness (QED) is 0.660. The Labute approximate surface area is 80.7 Å². The molecule has 68 valence electrons. The molecule has 0 unspecified atom stereocenters. The van der Waals surface area contributed by atoms with E-state index in [2.05, 4.69) is 15.0 Å². The third kappa shape index (κ3) is 1.33. The van der Waals surface area contributed by atoms with E-state index in [1.165, 1.54) is 0 Å². The molecule has 2 aromatic rings. The molecular formula is C9H7N5. The second-order valence-electron chi connectivity index (χ2n) is 2.73. The van der Waals surface area contributed by atoms with Crippen molar-refractivity contribution >= 4 is 0 Å². The van der Waals surface area contributed by atoms with Crippen LogP contribution in [0.3, 0.4) is 0 Å². The summed E-state index contributed by atoms with van der Waals surface area (Å²) >= 11 is 0. The van der Waals surface area contributed by atoms with Gasteiger partial charge in [0.15, 0.2) is 0 Å². The van der Waals surface area contributed by atoms with Gasteiger partial charge in [-0.05, 0) is 13.0 Å². The standard InChI is InChI=1S/C9H7N5/c1-7-2-3-12-9(13-7)14-5-4-11-8(14)6-10/h2-5H,1H3. The number of nitriles is 1. The zero-order valence-electron chi connectivity index (χ0n) is 7.55. The minimum absolute atomic E-state index is 0.288. The van der Waals surface area contributed by atoms with Crippen molar-refractivity contribution in [2.45, 2.75) is 6.92 Å². The van der Waals surface area contributed by atoms with Gasteiger partial charge in [-0.1, -0.05) is 0 Å². The summed E-state index contributed by atoms with van der Waals surface area (Å²) in [6.07, 6.45) is 4.86. The maximum Gasteiger partial charge on any atom is 0.236 e. The van der Waals surface area contributed by atoms with E-state index in [0.29, 0.717) is 5.95 Å². The molecule has 0 aromatic carbocycles. The first-order chi connectivity index (χ1) is 6.81. The molecule has 0 aliphatic rings. The maximum atomic E-state index is 8.75. The second-order valence-corrected chi connectivity index (χ2v) is 2.73. The van der Waals surface area contributed by atoms with E-state index < -0.39 is 0 Å². The van der Waals surface area contributed by atoms with E-state index in [1.54, 1.807) is 29.2 Å². The largest absolute Gasteiger partial charge is 0.259 e. The molecule has 5 nitrogen and oxygen atoms in total. The van der Waals surface area contributed by atoms with Crippen LogP contribution in [0, 0.1) is 18.3 Å². The first kappa shape index (κ1) is 8.38. The molecule has 2 aromatic heterocycles. The number of aryl methyl sites for hydroxylation is 1. The van der Waals surface area contributed by atoms with Gasteiger partial charge in [0.25, 0.3) is 0 Å². The minimum Gasteiger partial charge on any atom is -0.259 e. The summed E-state index contributed by atoms with van der Waals surface area (Å²) in [6, 6.07) is 3.76. The summed E-state index contributed by atoms with van der Waals surface area (Å²) in [5, 5.41) is 8.75. The highest BCUT2D eigenvalue weighted by Gasteiger charge is 2.05. The van der Waals surface area contributed by atoms with Crippen LogP contribution in [0.1, 0.15) is 11.5 Å². The molecule has 0 spiro atoms. The average molecular weight is 185 g/mol. The van der Waals surface area contributed by atoms with Gasteiger partial charge in [-0.15, -0.1) is 0 Å². The predicted octanol–water partition coefficient (Wildman–Crippen LogP) is 0.842. The zero-order valence-corrected chi connectivity index (χ0v) is 7.55. The molecule has 0 amide bonds. The number of hydrogen-bond acceptors (Lipinski definition) is 4. The smallest absolute Gasteiger partial charge is 0.236 e. The van der Waals surface area contributed by atoms with Crippen LogP contribution in [0.5, 0.6) is 0 Å². The van der Waals surface area contributed by atoms with Crippen LogP contribution in [0.2, 0.25) is 0 Å². The Morgan fingerprint density at radius 1 is 1.36 bits per heavy atom. The van der Waals surface area contributed by atoms with Gasteiger partial charge in [-0.2, -0.15) is 5.26 Å². The third-order valence-electron chi connectivity index (χ3n) is 1.74. The Balaban J connectivity index is 2.56. The highest BCUT2D eigenvalue weighted by molar-refractivity contribution is 5.23. The summed E-state index contributed by atoms with van der Waals surface area (Å²) in [5.74, 6) is 0.759. The lowest BCUT2D eigenvalue weighted by Gasteiger charge is -2.00. The molecule has 0 fully saturated rings. The molecule has 14 heavy (non-hydrogen) atoms. The monoisotopic (exact) mass is 185 g/mol. The fourth-order valence-electron chi connectivity index (χ4n) is 1.10. The number of rotatable bonds is 1. The number of hydrogen-bond donors (Lipinski definition) is 0. The normalized spacial score (nSPS) is 9.71. The zero-order chi connectivity index (χ0) is 9.97. The molecule has 2 heterocycles. The summed E-state index contributed by atoms with van der Waals surface area (Å²) in [7, 11) is 0. The van der Waals surface area contributed by atoms with Crippen molar-refractivity contribution in [2.24, 2.45) is 0 Å². The highest BCUT2D eigenvalue weighted by Crippen LogP contribution is 2.04. The minimum atomic E-state index is 0.288. The first-order valence-electron chi connectivity index (χ1n) is 4.05. The van der Waals surface area contributed by atoms with Crippen molar-refractivity contribution in [1.29, 1.82) is 5.26 Å². The molecular weight excluding hydrogens is 178 g/mol. The van der Waals surface area contributed by atoms with Gasteiger partial charge in [0.05, 0.1) is 0 Å². The van der Waals surface area contributed by atoms with Gasteiger partial charge < -0.3 is 0 Å². The lowest BCUT2D eigenvalue weighted by Crippen LogP contribution is -2.02. The Bertz CT molecular complexity index is 494. The fraction of sp³-hybridized carbons (Fsp3) is 0.111. The Kier molecular flexibility index (Phi) is 1.95. The van der Waals surface area contributed by atoms with E-state index >= 15 is 0 Å². The average Bonchev–Trinajstić information content (AvgIpc) is 2.65. The van der Waals surface area contributed by atoms with Crippen molar-refractivity contribution in [2.75, 3.05) is 0 Å². The predicted molar refractivity (Wildman–Crippen MR) is 48.6 cm³/mol. The van der Waals surface area contributed by atoms with Crippen molar-refractivity contribution in [3.05, 3.63) is 36.2 Å². The fourth-order valence-corrected chi connectivity index (χ4v) is 1.10. The first-order valence-corrected chi connectivity index (χ1v) is 4.05. The highest BCUT2D eigenvalue weighted by atomic mass is 15.2. The molecule has 2 rings (SSSR count). The Hall–Kier alpha value is -2.22. The summed E-state index contributed by atoms with van der Waals surface area (Å²) in [5.41, 5.74) is 0.854.